The van der Waals surface area contributed by atoms with Crippen molar-refractivity contribution in [2.45, 2.75) is 37.4 Å². The Morgan fingerprint density at radius 2 is 1.96 bits per heavy atom. The number of hydrogen-bond donors (Lipinski definition) is 5. The highest BCUT2D eigenvalue weighted by Crippen LogP contribution is 2.17. The van der Waals surface area contributed by atoms with Gasteiger partial charge in [0, 0.05) is 6.54 Å². The van der Waals surface area contributed by atoms with E-state index in [1.165, 1.54) is 16.7 Å². The first-order valence-electron chi connectivity index (χ1n) is 8.28. The summed E-state index contributed by atoms with van der Waals surface area (Å²) < 4.78 is 0. The Morgan fingerprint density at radius 1 is 1.27 bits per heavy atom. The summed E-state index contributed by atoms with van der Waals surface area (Å²) in [6.07, 6.45) is 3.26. The number of nitrogens with zero attached hydrogens (tertiary/aromatic N) is 1. The van der Waals surface area contributed by atoms with Gasteiger partial charge in [-0.3, -0.25) is 14.4 Å². The lowest BCUT2D eigenvalue weighted by atomic mass is 10.1. The first-order chi connectivity index (χ1) is 12.3. The number of aliphatic hydroxyl groups is 1. The van der Waals surface area contributed by atoms with Crippen LogP contribution in [0.3, 0.4) is 0 Å². The van der Waals surface area contributed by atoms with Crippen molar-refractivity contribution in [2.24, 2.45) is 5.73 Å². The molecule has 148 valence electrons. The molecule has 1 aliphatic heterocycles. The quantitative estimate of drug-likeness (QED) is 0.279. The second-order valence-electron chi connectivity index (χ2n) is 5.87. The standard InChI is InChI=1S/C15H26N4O6S/c1-26-6-4-9(13(22)18-10(8-20)15(24)25)17-14(23)11-3-2-5-19(11)12(21)7-16/h9-11,20H,2-8,16H2,1H3,(H,17,23)(H,18,22)(H,24,25)/t9-,10-,11-/m0/s1. The van der Waals surface area contributed by atoms with Crippen LogP contribution in [0.1, 0.15) is 19.3 Å². The lowest BCUT2D eigenvalue weighted by Gasteiger charge is -2.26. The number of amides is 3. The molecule has 0 saturated carbocycles. The topological polar surface area (TPSA) is 162 Å². The van der Waals surface area contributed by atoms with Crippen molar-refractivity contribution >= 4 is 35.5 Å². The molecule has 10 nitrogen and oxygen atoms in total. The molecule has 1 saturated heterocycles. The van der Waals surface area contributed by atoms with Crippen LogP contribution in [-0.4, -0.2) is 88.6 Å². The molecule has 1 heterocycles. The molecule has 0 aliphatic carbocycles. The first-order valence-corrected chi connectivity index (χ1v) is 9.68. The summed E-state index contributed by atoms with van der Waals surface area (Å²) in [6.45, 7) is -0.524. The van der Waals surface area contributed by atoms with Gasteiger partial charge in [0.2, 0.25) is 17.7 Å². The van der Waals surface area contributed by atoms with Crippen LogP contribution in [0.4, 0.5) is 0 Å². The monoisotopic (exact) mass is 390 g/mol. The molecule has 3 amide bonds. The first kappa shape index (κ1) is 22.2. The Hall–Kier alpha value is -1.85. The minimum atomic E-state index is -1.45. The maximum atomic E-state index is 12.5. The summed E-state index contributed by atoms with van der Waals surface area (Å²) in [4.78, 5) is 49.1. The normalized spacial score (nSPS) is 18.9. The third-order valence-electron chi connectivity index (χ3n) is 4.09. The van der Waals surface area contributed by atoms with Crippen molar-refractivity contribution < 1.29 is 29.4 Å². The van der Waals surface area contributed by atoms with Gasteiger partial charge >= 0.3 is 5.97 Å². The van der Waals surface area contributed by atoms with E-state index in [0.29, 0.717) is 25.1 Å². The van der Waals surface area contributed by atoms with E-state index in [2.05, 4.69) is 10.6 Å². The molecular formula is C15H26N4O6S. The molecule has 0 unspecified atom stereocenters. The zero-order chi connectivity index (χ0) is 19.7. The Morgan fingerprint density at radius 3 is 2.50 bits per heavy atom. The van der Waals surface area contributed by atoms with Crippen molar-refractivity contribution in [2.75, 3.05) is 31.7 Å². The number of carbonyl (C=O) groups excluding carboxylic acids is 3. The molecule has 0 spiro atoms. The maximum Gasteiger partial charge on any atom is 0.328 e. The predicted molar refractivity (Wildman–Crippen MR) is 95.4 cm³/mol. The van der Waals surface area contributed by atoms with Gasteiger partial charge in [0.1, 0.15) is 18.1 Å². The van der Waals surface area contributed by atoms with Gasteiger partial charge in [-0.15, -0.1) is 0 Å². The highest BCUT2D eigenvalue weighted by Gasteiger charge is 2.35. The Labute approximate surface area is 155 Å². The molecule has 0 aromatic carbocycles. The van der Waals surface area contributed by atoms with Gasteiger partial charge in [0.15, 0.2) is 0 Å². The summed E-state index contributed by atoms with van der Waals surface area (Å²) in [6, 6.07) is -3.10. The van der Waals surface area contributed by atoms with E-state index in [1.807, 2.05) is 6.26 Å². The van der Waals surface area contributed by atoms with Crippen LogP contribution in [0.25, 0.3) is 0 Å². The zero-order valence-corrected chi connectivity index (χ0v) is 15.5. The Balaban J connectivity index is 2.79. The molecule has 11 heteroatoms. The largest absolute Gasteiger partial charge is 0.480 e. The van der Waals surface area contributed by atoms with Crippen molar-refractivity contribution in [3.05, 3.63) is 0 Å². The highest BCUT2D eigenvalue weighted by molar-refractivity contribution is 7.98. The van der Waals surface area contributed by atoms with E-state index in [9.17, 15) is 19.2 Å². The maximum absolute atomic E-state index is 12.5. The number of carboxylic acid groups (broad SMARTS) is 1. The van der Waals surface area contributed by atoms with E-state index in [1.54, 1.807) is 0 Å². The molecule has 26 heavy (non-hydrogen) atoms. The SMILES string of the molecule is CSCC[C@H](NC(=O)[C@@H]1CCCN1C(=O)CN)C(=O)N[C@@H](CO)C(=O)O. The van der Waals surface area contributed by atoms with Crippen molar-refractivity contribution in [1.82, 2.24) is 15.5 Å². The lowest BCUT2D eigenvalue weighted by Crippen LogP contribution is -2.56. The third-order valence-corrected chi connectivity index (χ3v) is 4.74. The van der Waals surface area contributed by atoms with Gasteiger partial charge in [-0.25, -0.2) is 4.79 Å². The molecule has 0 aromatic rings. The van der Waals surface area contributed by atoms with Gasteiger partial charge in [-0.1, -0.05) is 0 Å². The third kappa shape index (κ3) is 6.15. The average molecular weight is 390 g/mol. The number of carbonyl (C=O) groups is 4. The van der Waals surface area contributed by atoms with Crippen LogP contribution in [0.15, 0.2) is 0 Å². The molecule has 0 aromatic heterocycles. The number of nitrogens with one attached hydrogen (secondary N) is 2. The number of carboxylic acids is 1. The van der Waals surface area contributed by atoms with E-state index < -0.39 is 42.5 Å². The highest BCUT2D eigenvalue weighted by atomic mass is 32.2. The summed E-state index contributed by atoms with van der Waals surface area (Å²) in [5.74, 6) is -2.30. The van der Waals surface area contributed by atoms with Gasteiger partial charge in [-0.05, 0) is 31.3 Å². The van der Waals surface area contributed by atoms with Crippen LogP contribution in [0, 0.1) is 0 Å². The van der Waals surface area contributed by atoms with E-state index in [-0.39, 0.29) is 18.9 Å². The fourth-order valence-corrected chi connectivity index (χ4v) is 3.16. The number of aliphatic hydroxyl groups excluding tert-OH is 1. The zero-order valence-electron chi connectivity index (χ0n) is 14.6. The van der Waals surface area contributed by atoms with Crippen LogP contribution >= 0.6 is 11.8 Å². The summed E-state index contributed by atoms with van der Waals surface area (Å²) >= 11 is 1.47. The molecule has 0 bridgehead atoms. The number of hydrogen-bond acceptors (Lipinski definition) is 7. The second-order valence-corrected chi connectivity index (χ2v) is 6.86. The van der Waals surface area contributed by atoms with Gasteiger partial charge < -0.3 is 31.5 Å². The molecule has 0 radical (unpaired) electrons. The number of likely N-dealkylation sites (tertiary alicyclic amines) is 1. The van der Waals surface area contributed by atoms with Crippen molar-refractivity contribution in [3.8, 4) is 0 Å². The van der Waals surface area contributed by atoms with E-state index in [4.69, 9.17) is 15.9 Å². The fraction of sp³-hybridized carbons (Fsp3) is 0.733. The molecule has 3 atom stereocenters. The number of rotatable bonds is 10. The molecule has 6 N–H and O–H groups in total. The van der Waals surface area contributed by atoms with Crippen molar-refractivity contribution in [1.29, 1.82) is 0 Å². The van der Waals surface area contributed by atoms with E-state index in [0.717, 1.165) is 0 Å². The molecule has 1 rings (SSSR count). The minimum absolute atomic E-state index is 0.197. The van der Waals surface area contributed by atoms with Crippen LogP contribution in [-0.2, 0) is 19.2 Å². The van der Waals surface area contributed by atoms with Crippen LogP contribution in [0.2, 0.25) is 0 Å². The molecular weight excluding hydrogens is 364 g/mol. The predicted octanol–water partition coefficient (Wildman–Crippen LogP) is -2.26. The summed E-state index contributed by atoms with van der Waals surface area (Å²) in [5, 5.41) is 22.8. The lowest BCUT2D eigenvalue weighted by molar-refractivity contribution is -0.143. The molecule has 1 fully saturated rings. The Kier molecular flexibility index (Phi) is 9.38. The van der Waals surface area contributed by atoms with Gasteiger partial charge in [0.25, 0.3) is 0 Å². The second kappa shape index (κ2) is 11.0. The summed E-state index contributed by atoms with van der Waals surface area (Å²) in [5.41, 5.74) is 5.36. The fourth-order valence-electron chi connectivity index (χ4n) is 2.69. The number of thioether (sulfide) groups is 1. The minimum Gasteiger partial charge on any atom is -0.480 e. The van der Waals surface area contributed by atoms with Gasteiger partial charge in [0.05, 0.1) is 13.2 Å². The number of aliphatic carboxylic acids is 1. The summed E-state index contributed by atoms with van der Waals surface area (Å²) in [7, 11) is 0. The number of nitrogens with two attached hydrogens (primary N) is 1. The van der Waals surface area contributed by atoms with E-state index >= 15 is 0 Å². The smallest absolute Gasteiger partial charge is 0.328 e. The molecule has 1 aliphatic rings. The van der Waals surface area contributed by atoms with Gasteiger partial charge in [-0.2, -0.15) is 11.8 Å². The van der Waals surface area contributed by atoms with Crippen LogP contribution in [0.5, 0.6) is 0 Å². The van der Waals surface area contributed by atoms with Crippen LogP contribution < -0.4 is 16.4 Å². The Bertz CT molecular complexity index is 532. The van der Waals surface area contributed by atoms with Crippen molar-refractivity contribution in [3.63, 3.8) is 0 Å². The average Bonchev–Trinajstić information content (AvgIpc) is 3.11.